The van der Waals surface area contributed by atoms with Crippen LogP contribution in [0.25, 0.3) is 28.1 Å². The van der Waals surface area contributed by atoms with Crippen LogP contribution >= 0.6 is 0 Å². The molecule has 318 valence electrons. The number of amides is 1. The van der Waals surface area contributed by atoms with Crippen LogP contribution in [-0.4, -0.2) is 75.4 Å². The summed E-state index contributed by atoms with van der Waals surface area (Å²) in [6.07, 6.45) is 8.78. The molecule has 0 spiro atoms. The van der Waals surface area contributed by atoms with E-state index in [2.05, 4.69) is 45.3 Å². The molecule has 4 aromatic heterocycles. The highest BCUT2D eigenvalue weighted by atomic mass is 19.1. The number of hydrogen-bond acceptors (Lipinski definition) is 9. The van der Waals surface area contributed by atoms with Gasteiger partial charge in [0.2, 0.25) is 5.91 Å². The van der Waals surface area contributed by atoms with Crippen LogP contribution in [-0.2, 0) is 41.5 Å². The number of hydrogen-bond donors (Lipinski definition) is 1. The quantitative estimate of drug-likeness (QED) is 0.217. The smallest absolute Gasteiger partial charge is 0.381 e. The van der Waals surface area contributed by atoms with Crippen molar-refractivity contribution in [1.82, 2.24) is 43.7 Å². The van der Waals surface area contributed by atoms with E-state index in [0.717, 1.165) is 70.7 Å². The second-order valence-electron chi connectivity index (χ2n) is 17.6. The summed E-state index contributed by atoms with van der Waals surface area (Å²) in [5.74, 6) is 0.375. The zero-order chi connectivity index (χ0) is 42.8. The zero-order valence-corrected chi connectivity index (χ0v) is 35.3. The lowest BCUT2D eigenvalue weighted by Gasteiger charge is -2.38. The minimum atomic E-state index is -0.736. The van der Waals surface area contributed by atoms with E-state index in [0.29, 0.717) is 60.2 Å². The number of H-pyrrole nitrogens is 1. The first-order valence-corrected chi connectivity index (χ1v) is 21.4. The van der Waals surface area contributed by atoms with E-state index in [-0.39, 0.29) is 29.9 Å². The molecule has 2 fully saturated rings. The predicted molar refractivity (Wildman–Crippen MR) is 228 cm³/mol. The molecular weight excluding hydrogens is 792 g/mol. The van der Waals surface area contributed by atoms with Gasteiger partial charge in [-0.05, 0) is 110 Å². The van der Waals surface area contributed by atoms with Crippen LogP contribution in [0.2, 0.25) is 0 Å². The molecule has 0 radical (unpaired) electrons. The van der Waals surface area contributed by atoms with Crippen LogP contribution in [0.4, 0.5) is 10.1 Å². The Kier molecular flexibility index (Phi) is 8.66. The standard InChI is InChI=1S/C46H47FN10O5/c1-25-18-32(19-26(2)40(25)47)57-41(55-15-14-54(45(55)60)36-8-9-38-33(28(36)4)23-48-52(38)5)34-24-53(13-10-35(34)50-57)42(58)39-21-31-20-30(29-11-16-61-17-12-29)6-7-37(31)56(39)46(22-27(46)3)43-49-44(59)62-51-43/h6-9,14-15,18-20,23,27,29,39H,10-13,16-17,21-22,24H2,1-5H3,(H,49,51,59)/t27-,39?,46-/m0/s1. The molecule has 1 unspecified atom stereocenters. The zero-order valence-electron chi connectivity index (χ0n) is 35.3. The van der Waals surface area contributed by atoms with E-state index in [4.69, 9.17) is 14.4 Å². The number of fused-ring (bicyclic) bond motifs is 3. The molecule has 3 aromatic carbocycles. The van der Waals surface area contributed by atoms with Crippen molar-refractivity contribution in [3.8, 4) is 17.2 Å². The molecule has 1 aliphatic carbocycles. The lowest BCUT2D eigenvalue weighted by atomic mass is 9.90. The van der Waals surface area contributed by atoms with Gasteiger partial charge in [-0.2, -0.15) is 10.2 Å². The van der Waals surface area contributed by atoms with Gasteiger partial charge >= 0.3 is 11.4 Å². The molecule has 3 aliphatic heterocycles. The van der Waals surface area contributed by atoms with Gasteiger partial charge in [0, 0.05) is 68.7 Å². The van der Waals surface area contributed by atoms with Gasteiger partial charge in [0.25, 0.3) is 0 Å². The third kappa shape index (κ3) is 5.71. The van der Waals surface area contributed by atoms with E-state index < -0.39 is 17.3 Å². The molecule has 1 amide bonds. The third-order valence-corrected chi connectivity index (χ3v) is 14.0. The van der Waals surface area contributed by atoms with E-state index in [9.17, 15) is 9.59 Å². The third-order valence-electron chi connectivity index (χ3n) is 14.0. The first kappa shape index (κ1) is 38.4. The maximum absolute atomic E-state index is 15.4. The van der Waals surface area contributed by atoms with Gasteiger partial charge in [0.1, 0.15) is 23.2 Å². The first-order chi connectivity index (χ1) is 29.9. The van der Waals surface area contributed by atoms with Crippen LogP contribution < -0.4 is 16.3 Å². The van der Waals surface area contributed by atoms with Gasteiger partial charge in [-0.15, -0.1) is 0 Å². The Balaban J connectivity index is 1.01. The molecular formula is C46H47FN10O5. The van der Waals surface area contributed by atoms with Gasteiger partial charge in [0.05, 0.1) is 35.3 Å². The highest BCUT2D eigenvalue weighted by Crippen LogP contribution is 2.59. The van der Waals surface area contributed by atoms with Crippen molar-refractivity contribution in [2.45, 2.75) is 83.8 Å². The summed E-state index contributed by atoms with van der Waals surface area (Å²) >= 11 is 0. The van der Waals surface area contributed by atoms with Crippen LogP contribution in [0, 0.1) is 32.5 Å². The average molecular weight is 839 g/mol. The fourth-order valence-electron chi connectivity index (χ4n) is 10.6. The number of anilines is 1. The molecule has 16 heteroatoms. The van der Waals surface area contributed by atoms with Gasteiger partial charge in [-0.25, -0.2) is 18.7 Å². The second kappa shape index (κ2) is 14.0. The van der Waals surface area contributed by atoms with Crippen molar-refractivity contribution < 1.29 is 18.4 Å². The molecule has 11 rings (SSSR count). The summed E-state index contributed by atoms with van der Waals surface area (Å²) in [5, 5.41) is 14.7. The number of aromatic nitrogens is 8. The lowest BCUT2D eigenvalue weighted by molar-refractivity contribution is -0.133. The Morgan fingerprint density at radius 1 is 0.984 bits per heavy atom. The van der Waals surface area contributed by atoms with Gasteiger partial charge in [-0.1, -0.05) is 24.2 Å². The minimum Gasteiger partial charge on any atom is -0.381 e. The molecule has 7 heterocycles. The molecule has 7 aromatic rings. The molecule has 0 bridgehead atoms. The molecule has 4 aliphatic rings. The van der Waals surface area contributed by atoms with E-state index in [1.54, 1.807) is 63.1 Å². The highest BCUT2D eigenvalue weighted by Gasteiger charge is 2.64. The van der Waals surface area contributed by atoms with Crippen molar-refractivity contribution in [2.75, 3.05) is 24.7 Å². The number of aromatic amines is 1. The number of ether oxygens (including phenoxy) is 1. The summed E-state index contributed by atoms with van der Waals surface area (Å²) in [6.45, 7) is 9.57. The highest BCUT2D eigenvalue weighted by molar-refractivity contribution is 5.90. The number of carbonyl (C=O) groups is 1. The van der Waals surface area contributed by atoms with Gasteiger partial charge < -0.3 is 14.5 Å². The fraction of sp³-hybridized carbons (Fsp3) is 0.391. The second-order valence-corrected chi connectivity index (χ2v) is 17.6. The molecule has 15 nitrogen and oxygen atoms in total. The van der Waals surface area contributed by atoms with Crippen molar-refractivity contribution in [3.05, 3.63) is 133 Å². The molecule has 1 saturated carbocycles. The summed E-state index contributed by atoms with van der Waals surface area (Å²) in [6, 6.07) is 13.3. The Hall–Kier alpha value is -6.55. The Morgan fingerprint density at radius 2 is 1.73 bits per heavy atom. The molecule has 1 N–H and O–H groups in total. The lowest BCUT2D eigenvalue weighted by Crippen LogP contribution is -2.53. The minimum absolute atomic E-state index is 0.0683. The fourth-order valence-corrected chi connectivity index (χ4v) is 10.6. The summed E-state index contributed by atoms with van der Waals surface area (Å²) in [4.78, 5) is 49.3. The van der Waals surface area contributed by atoms with E-state index in [1.807, 2.05) is 31.0 Å². The number of carbonyl (C=O) groups excluding carboxylic acids is 1. The monoisotopic (exact) mass is 838 g/mol. The Bertz CT molecular complexity index is 3070. The van der Waals surface area contributed by atoms with Crippen molar-refractivity contribution in [2.24, 2.45) is 13.0 Å². The topological polar surface area (TPSA) is 154 Å². The van der Waals surface area contributed by atoms with Crippen LogP contribution in [0.3, 0.4) is 0 Å². The average Bonchev–Trinajstić information content (AvgIpc) is 3.90. The first-order valence-electron chi connectivity index (χ1n) is 21.4. The van der Waals surface area contributed by atoms with Crippen LogP contribution in [0.1, 0.15) is 77.0 Å². The molecule has 3 atom stereocenters. The predicted octanol–water partition coefficient (Wildman–Crippen LogP) is 5.59. The van der Waals surface area contributed by atoms with Crippen molar-refractivity contribution in [3.63, 3.8) is 0 Å². The number of aryl methyl sites for hydroxylation is 4. The Labute approximate surface area is 355 Å². The number of rotatable bonds is 7. The molecule has 1 saturated heterocycles. The summed E-state index contributed by atoms with van der Waals surface area (Å²) < 4.78 is 32.5. The Morgan fingerprint density at radius 3 is 2.45 bits per heavy atom. The number of halogens is 1. The maximum Gasteiger partial charge on any atom is 0.438 e. The number of imidazole rings is 1. The largest absolute Gasteiger partial charge is 0.438 e. The van der Waals surface area contributed by atoms with Crippen molar-refractivity contribution >= 4 is 22.5 Å². The number of benzene rings is 3. The number of nitrogens with one attached hydrogen (secondary N) is 1. The van der Waals surface area contributed by atoms with Crippen LogP contribution in [0.5, 0.6) is 0 Å². The molecule has 62 heavy (non-hydrogen) atoms. The maximum atomic E-state index is 15.4. The van der Waals surface area contributed by atoms with E-state index in [1.165, 1.54) is 5.56 Å². The van der Waals surface area contributed by atoms with Gasteiger partial charge in [-0.3, -0.25) is 28.1 Å². The number of nitrogens with zero attached hydrogens (tertiary/aromatic N) is 9. The summed E-state index contributed by atoms with van der Waals surface area (Å²) in [7, 11) is 1.89. The normalized spacial score (nSPS) is 21.2. The van der Waals surface area contributed by atoms with E-state index >= 15 is 9.18 Å². The SMILES string of the molecule is Cc1cc(-n2nc3c(c2-n2ccn(-c4ccc5c(cnn5C)c4C)c2=O)CN(C(=O)C2Cc4cc(C5CCOCC5)ccc4N2[C@@]2(c4noc(=O)[nH]4)C[C@@H]2C)CC3)cc(C)c1F. The van der Waals surface area contributed by atoms with Gasteiger partial charge in [0.15, 0.2) is 5.82 Å². The summed E-state index contributed by atoms with van der Waals surface area (Å²) in [5.41, 5.74) is 7.83. The van der Waals surface area contributed by atoms with Crippen molar-refractivity contribution in [1.29, 1.82) is 0 Å². The van der Waals surface area contributed by atoms with Crippen LogP contribution in [0.15, 0.2) is 75.2 Å².